The fourth-order valence-corrected chi connectivity index (χ4v) is 3.71. The summed E-state index contributed by atoms with van der Waals surface area (Å²) in [5, 5.41) is 9.15. The summed E-state index contributed by atoms with van der Waals surface area (Å²) < 4.78 is 4.12. The van der Waals surface area contributed by atoms with Crippen LogP contribution in [0.3, 0.4) is 0 Å². The van der Waals surface area contributed by atoms with E-state index < -0.39 is 0 Å². The SMILES string of the molecule is CC(C)Cn1c(Cn2cccn2)nc2cc(NC(=O)c3cccs3)ccc21. The van der Waals surface area contributed by atoms with Crippen molar-refractivity contribution in [2.75, 3.05) is 5.32 Å². The molecule has 1 N–H and O–H groups in total. The van der Waals surface area contributed by atoms with Crippen molar-refractivity contribution in [2.24, 2.45) is 5.92 Å². The molecule has 0 fully saturated rings. The number of thiophene rings is 1. The van der Waals surface area contributed by atoms with Gasteiger partial charge >= 0.3 is 0 Å². The number of amides is 1. The summed E-state index contributed by atoms with van der Waals surface area (Å²) in [6, 6.07) is 11.5. The maximum absolute atomic E-state index is 12.3. The Morgan fingerprint density at radius 2 is 2.15 bits per heavy atom. The van der Waals surface area contributed by atoms with Crippen LogP contribution in [0.25, 0.3) is 11.0 Å². The van der Waals surface area contributed by atoms with E-state index in [-0.39, 0.29) is 5.91 Å². The summed E-state index contributed by atoms with van der Waals surface area (Å²) in [4.78, 5) is 17.8. The summed E-state index contributed by atoms with van der Waals surface area (Å²) >= 11 is 1.43. The highest BCUT2D eigenvalue weighted by Gasteiger charge is 2.14. The average Bonchev–Trinajstić information content (AvgIpc) is 3.37. The van der Waals surface area contributed by atoms with Crippen molar-refractivity contribution >= 4 is 34.0 Å². The lowest BCUT2D eigenvalue weighted by Crippen LogP contribution is -2.12. The Kier molecular flexibility index (Phi) is 4.77. The Balaban J connectivity index is 1.67. The molecule has 7 heteroatoms. The number of imidazole rings is 1. The zero-order valence-corrected chi connectivity index (χ0v) is 16.1. The molecule has 0 saturated carbocycles. The molecule has 0 aliphatic carbocycles. The molecule has 27 heavy (non-hydrogen) atoms. The van der Waals surface area contributed by atoms with Crippen LogP contribution in [-0.4, -0.2) is 25.2 Å². The van der Waals surface area contributed by atoms with E-state index in [0.29, 0.717) is 17.3 Å². The lowest BCUT2D eigenvalue weighted by molar-refractivity contribution is 0.103. The van der Waals surface area contributed by atoms with Gasteiger partial charge in [-0.2, -0.15) is 5.10 Å². The molecule has 3 aromatic heterocycles. The first-order valence-electron chi connectivity index (χ1n) is 8.91. The minimum absolute atomic E-state index is 0.0947. The zero-order valence-electron chi connectivity index (χ0n) is 15.3. The molecule has 0 spiro atoms. The fraction of sp³-hybridized carbons (Fsp3) is 0.250. The molecule has 138 valence electrons. The Morgan fingerprint density at radius 1 is 1.26 bits per heavy atom. The molecule has 6 nitrogen and oxygen atoms in total. The molecular formula is C20H21N5OS. The van der Waals surface area contributed by atoms with Crippen molar-refractivity contribution in [3.05, 3.63) is 64.9 Å². The number of carbonyl (C=O) groups excluding carboxylic acids is 1. The zero-order chi connectivity index (χ0) is 18.8. The Labute approximate surface area is 161 Å². The van der Waals surface area contributed by atoms with Gasteiger partial charge in [-0.3, -0.25) is 9.48 Å². The highest BCUT2D eigenvalue weighted by Crippen LogP contribution is 2.23. The van der Waals surface area contributed by atoms with Crippen LogP contribution in [0.5, 0.6) is 0 Å². The summed E-state index contributed by atoms with van der Waals surface area (Å²) in [6.07, 6.45) is 3.71. The van der Waals surface area contributed by atoms with Gasteiger partial charge < -0.3 is 9.88 Å². The second-order valence-corrected chi connectivity index (χ2v) is 7.82. The van der Waals surface area contributed by atoms with Gasteiger partial charge in [-0.05, 0) is 41.6 Å². The molecule has 4 rings (SSSR count). The second-order valence-electron chi connectivity index (χ2n) is 6.87. The van der Waals surface area contributed by atoms with Crippen molar-refractivity contribution < 1.29 is 4.79 Å². The number of nitrogens with zero attached hydrogens (tertiary/aromatic N) is 4. The van der Waals surface area contributed by atoms with E-state index in [2.05, 4.69) is 28.8 Å². The summed E-state index contributed by atoms with van der Waals surface area (Å²) in [7, 11) is 0. The van der Waals surface area contributed by atoms with Gasteiger partial charge in [-0.25, -0.2) is 4.98 Å². The molecule has 3 heterocycles. The third-order valence-corrected chi connectivity index (χ3v) is 5.11. The van der Waals surface area contributed by atoms with Crippen molar-refractivity contribution in [3.8, 4) is 0 Å². The molecule has 0 aliphatic heterocycles. The molecule has 0 bridgehead atoms. The first kappa shape index (κ1) is 17.5. The highest BCUT2D eigenvalue weighted by molar-refractivity contribution is 7.12. The van der Waals surface area contributed by atoms with Gasteiger partial charge in [0.05, 0.1) is 22.5 Å². The summed E-state index contributed by atoms with van der Waals surface area (Å²) in [5.41, 5.74) is 2.70. The van der Waals surface area contributed by atoms with E-state index in [1.54, 1.807) is 6.20 Å². The molecule has 0 unspecified atom stereocenters. The number of carbonyl (C=O) groups is 1. The van der Waals surface area contributed by atoms with E-state index in [1.165, 1.54) is 11.3 Å². The predicted molar refractivity (Wildman–Crippen MR) is 108 cm³/mol. The van der Waals surface area contributed by atoms with Gasteiger partial charge in [-0.15, -0.1) is 11.3 Å². The number of benzene rings is 1. The minimum Gasteiger partial charge on any atom is -0.326 e. The first-order valence-corrected chi connectivity index (χ1v) is 9.79. The molecule has 0 atom stereocenters. The number of aromatic nitrogens is 4. The second kappa shape index (κ2) is 7.36. The largest absolute Gasteiger partial charge is 0.326 e. The summed E-state index contributed by atoms with van der Waals surface area (Å²) in [6.45, 7) is 5.89. The predicted octanol–water partition coefficient (Wildman–Crippen LogP) is 4.25. The topological polar surface area (TPSA) is 64.7 Å². The molecular weight excluding hydrogens is 358 g/mol. The molecule has 0 radical (unpaired) electrons. The van der Waals surface area contributed by atoms with Crippen LogP contribution in [0, 0.1) is 5.92 Å². The van der Waals surface area contributed by atoms with Crippen LogP contribution in [0.1, 0.15) is 29.3 Å². The van der Waals surface area contributed by atoms with E-state index in [1.807, 2.05) is 52.7 Å². The number of fused-ring (bicyclic) bond motifs is 1. The Morgan fingerprint density at radius 3 is 2.85 bits per heavy atom. The number of nitrogens with one attached hydrogen (secondary N) is 1. The maximum atomic E-state index is 12.3. The number of rotatable bonds is 6. The average molecular weight is 379 g/mol. The van der Waals surface area contributed by atoms with Crippen LogP contribution >= 0.6 is 11.3 Å². The van der Waals surface area contributed by atoms with E-state index >= 15 is 0 Å². The molecule has 1 amide bonds. The molecule has 0 aliphatic rings. The maximum Gasteiger partial charge on any atom is 0.265 e. The number of hydrogen-bond donors (Lipinski definition) is 1. The van der Waals surface area contributed by atoms with Crippen LogP contribution in [0.2, 0.25) is 0 Å². The van der Waals surface area contributed by atoms with Gasteiger partial charge in [0.1, 0.15) is 5.82 Å². The normalized spacial score (nSPS) is 11.4. The molecule has 1 aromatic carbocycles. The quantitative estimate of drug-likeness (QED) is 0.545. The number of anilines is 1. The monoisotopic (exact) mass is 379 g/mol. The van der Waals surface area contributed by atoms with E-state index in [0.717, 1.165) is 29.1 Å². The highest BCUT2D eigenvalue weighted by atomic mass is 32.1. The first-order chi connectivity index (χ1) is 13.1. The molecule has 0 saturated heterocycles. The minimum atomic E-state index is -0.0947. The standard InChI is InChI=1S/C20H21N5OS/c1-14(2)12-25-17-7-6-15(22-20(26)18-5-3-10-27-18)11-16(17)23-19(25)13-24-9-4-8-21-24/h3-11,14H,12-13H2,1-2H3,(H,22,26). The van der Waals surface area contributed by atoms with E-state index in [4.69, 9.17) is 4.98 Å². The summed E-state index contributed by atoms with van der Waals surface area (Å²) in [5.74, 6) is 1.36. The van der Waals surface area contributed by atoms with Crippen molar-refractivity contribution in [1.82, 2.24) is 19.3 Å². The van der Waals surface area contributed by atoms with Crippen molar-refractivity contribution in [3.63, 3.8) is 0 Å². The lowest BCUT2D eigenvalue weighted by Gasteiger charge is -2.12. The fourth-order valence-electron chi connectivity index (χ4n) is 3.09. The van der Waals surface area contributed by atoms with Gasteiger partial charge in [0.2, 0.25) is 0 Å². The molecule has 4 aromatic rings. The van der Waals surface area contributed by atoms with Crippen molar-refractivity contribution in [1.29, 1.82) is 0 Å². The van der Waals surface area contributed by atoms with Gasteiger partial charge in [-0.1, -0.05) is 19.9 Å². The van der Waals surface area contributed by atoms with Crippen LogP contribution in [0.15, 0.2) is 54.2 Å². The van der Waals surface area contributed by atoms with Crippen LogP contribution in [-0.2, 0) is 13.1 Å². The van der Waals surface area contributed by atoms with Gasteiger partial charge in [0, 0.05) is 24.6 Å². The Bertz CT molecular complexity index is 1050. The number of hydrogen-bond acceptors (Lipinski definition) is 4. The van der Waals surface area contributed by atoms with Crippen LogP contribution in [0.4, 0.5) is 5.69 Å². The van der Waals surface area contributed by atoms with E-state index in [9.17, 15) is 4.79 Å². The smallest absolute Gasteiger partial charge is 0.265 e. The van der Waals surface area contributed by atoms with Gasteiger partial charge in [0.25, 0.3) is 5.91 Å². The third kappa shape index (κ3) is 3.78. The Hall–Kier alpha value is -2.93. The van der Waals surface area contributed by atoms with Gasteiger partial charge in [0.15, 0.2) is 0 Å². The van der Waals surface area contributed by atoms with Crippen molar-refractivity contribution in [2.45, 2.75) is 26.9 Å². The third-order valence-electron chi connectivity index (χ3n) is 4.24. The lowest BCUT2D eigenvalue weighted by atomic mass is 10.2. The van der Waals surface area contributed by atoms with Crippen LogP contribution < -0.4 is 5.32 Å².